The molecule has 1 atom stereocenters. The van der Waals surface area contributed by atoms with Crippen LogP contribution in [0.2, 0.25) is 0 Å². The number of hydrogen-bond acceptors (Lipinski definition) is 5. The topological polar surface area (TPSA) is 68.1 Å². The van der Waals surface area contributed by atoms with Crippen molar-refractivity contribution in [1.82, 2.24) is 19.4 Å². The van der Waals surface area contributed by atoms with Gasteiger partial charge in [0.1, 0.15) is 0 Å². The van der Waals surface area contributed by atoms with Crippen molar-refractivity contribution < 1.29 is 8.42 Å². The zero-order valence-electron chi connectivity index (χ0n) is 18.0. The van der Waals surface area contributed by atoms with Gasteiger partial charge in [0.05, 0.1) is 29.4 Å². The van der Waals surface area contributed by atoms with Gasteiger partial charge in [-0.1, -0.05) is 43.3 Å². The number of aromatic nitrogens is 3. The summed E-state index contributed by atoms with van der Waals surface area (Å²) in [4.78, 5) is 11.3. The van der Waals surface area contributed by atoms with E-state index in [0.717, 1.165) is 43.6 Å². The molecule has 1 fully saturated rings. The highest BCUT2D eigenvalue weighted by molar-refractivity contribution is 7.91. The number of aryl methyl sites for hydroxylation is 1. The molecular weight excluding hydrogens is 408 g/mol. The van der Waals surface area contributed by atoms with Crippen molar-refractivity contribution in [1.29, 1.82) is 0 Å². The van der Waals surface area contributed by atoms with Crippen LogP contribution in [0, 0.1) is 0 Å². The lowest BCUT2D eigenvalue weighted by Crippen LogP contribution is -2.25. The molecule has 6 nitrogen and oxygen atoms in total. The molecule has 0 amide bonds. The van der Waals surface area contributed by atoms with Gasteiger partial charge in [-0.05, 0) is 49.9 Å². The second kappa shape index (κ2) is 9.75. The number of sulfone groups is 1. The predicted octanol–water partition coefficient (Wildman–Crippen LogP) is 4.04. The molecule has 0 N–H and O–H groups in total. The number of rotatable bonds is 9. The first-order valence-electron chi connectivity index (χ1n) is 11.0. The lowest BCUT2D eigenvalue weighted by Gasteiger charge is -2.24. The molecule has 1 aliphatic rings. The quantitative estimate of drug-likeness (QED) is 0.504. The van der Waals surface area contributed by atoms with Gasteiger partial charge in [-0.15, -0.1) is 0 Å². The first-order chi connectivity index (χ1) is 15.1. The van der Waals surface area contributed by atoms with Crippen molar-refractivity contribution in [2.45, 2.75) is 56.9 Å². The van der Waals surface area contributed by atoms with E-state index < -0.39 is 9.84 Å². The van der Waals surface area contributed by atoms with Crippen LogP contribution in [0.3, 0.4) is 0 Å². The van der Waals surface area contributed by atoms with Crippen molar-refractivity contribution in [2.75, 3.05) is 12.3 Å². The molecule has 3 heterocycles. The summed E-state index contributed by atoms with van der Waals surface area (Å²) in [6.07, 6.45) is 7.54. The van der Waals surface area contributed by atoms with Crippen LogP contribution in [0.15, 0.2) is 66.1 Å². The molecular formula is C24H30N4O2S. The summed E-state index contributed by atoms with van der Waals surface area (Å²) in [5.74, 6) is 0.0579. The molecule has 0 unspecified atom stereocenters. The average Bonchev–Trinajstić information content (AvgIpc) is 3.43. The highest BCUT2D eigenvalue weighted by Crippen LogP contribution is 2.32. The van der Waals surface area contributed by atoms with E-state index in [0.29, 0.717) is 13.1 Å². The molecule has 7 heteroatoms. The first kappa shape index (κ1) is 21.7. The Balaban J connectivity index is 1.55. The van der Waals surface area contributed by atoms with E-state index in [-0.39, 0.29) is 17.0 Å². The first-order valence-corrected chi connectivity index (χ1v) is 12.7. The molecule has 2 aromatic heterocycles. The lowest BCUT2D eigenvalue weighted by atomic mass is 10.1. The highest BCUT2D eigenvalue weighted by Gasteiger charge is 2.29. The number of hydrogen-bond donors (Lipinski definition) is 0. The van der Waals surface area contributed by atoms with E-state index in [1.165, 1.54) is 5.56 Å². The fraction of sp³-hybridized carbons (Fsp3) is 0.417. The van der Waals surface area contributed by atoms with Crippen LogP contribution in [0.25, 0.3) is 0 Å². The van der Waals surface area contributed by atoms with Crippen LogP contribution in [-0.4, -0.2) is 40.2 Å². The Kier molecular flexibility index (Phi) is 6.83. The molecule has 31 heavy (non-hydrogen) atoms. The highest BCUT2D eigenvalue weighted by atomic mass is 32.2. The normalized spacial score (nSPS) is 17.3. The Morgan fingerprint density at radius 1 is 1.06 bits per heavy atom. The Morgan fingerprint density at radius 2 is 1.87 bits per heavy atom. The molecule has 0 saturated carbocycles. The Morgan fingerprint density at radius 3 is 2.61 bits per heavy atom. The SMILES string of the molecule is CCS(=O)(=O)c1ncc(CN2CCC[C@H]2c2ccccn2)n1CCCc1ccccc1. The minimum Gasteiger partial charge on any atom is -0.318 e. The fourth-order valence-corrected chi connectivity index (χ4v) is 5.37. The van der Waals surface area contributed by atoms with Gasteiger partial charge < -0.3 is 4.57 Å². The third-order valence-electron chi connectivity index (χ3n) is 6.01. The van der Waals surface area contributed by atoms with Crippen LogP contribution in [0.5, 0.6) is 0 Å². The summed E-state index contributed by atoms with van der Waals surface area (Å²) in [5.41, 5.74) is 3.30. The van der Waals surface area contributed by atoms with Gasteiger partial charge in [0.2, 0.25) is 15.0 Å². The molecule has 164 valence electrons. The van der Waals surface area contributed by atoms with Crippen molar-refractivity contribution in [3.63, 3.8) is 0 Å². The number of pyridine rings is 1. The van der Waals surface area contributed by atoms with Crippen LogP contribution < -0.4 is 0 Å². The third-order valence-corrected chi connectivity index (χ3v) is 7.65. The van der Waals surface area contributed by atoms with E-state index in [1.807, 2.05) is 41.1 Å². The van der Waals surface area contributed by atoms with Gasteiger partial charge in [0, 0.05) is 19.3 Å². The molecule has 3 aromatic rings. The van der Waals surface area contributed by atoms with Crippen LogP contribution in [0.1, 0.15) is 49.2 Å². The van der Waals surface area contributed by atoms with Crippen LogP contribution in [-0.2, 0) is 29.3 Å². The Labute approximate surface area is 184 Å². The van der Waals surface area contributed by atoms with E-state index in [1.54, 1.807) is 13.1 Å². The van der Waals surface area contributed by atoms with Crippen molar-refractivity contribution in [2.24, 2.45) is 0 Å². The second-order valence-corrected chi connectivity index (χ2v) is 10.2. The van der Waals surface area contributed by atoms with Gasteiger partial charge in [-0.2, -0.15) is 0 Å². The van der Waals surface area contributed by atoms with Crippen LogP contribution >= 0.6 is 0 Å². The van der Waals surface area contributed by atoms with Gasteiger partial charge in [0.15, 0.2) is 0 Å². The average molecular weight is 439 g/mol. The van der Waals surface area contributed by atoms with Gasteiger partial charge >= 0.3 is 0 Å². The standard InChI is InChI=1S/C24H30N4O2S/c1-2-31(29,30)24-26-18-21(28(24)17-8-12-20-10-4-3-5-11-20)19-27-16-9-14-23(27)22-13-6-7-15-25-22/h3-7,10-11,13,15,18,23H,2,8-9,12,14,16-17,19H2,1H3/t23-/m0/s1. The maximum absolute atomic E-state index is 12.7. The minimum absolute atomic E-state index is 0.0579. The Bertz CT molecular complexity index is 1080. The Hall–Kier alpha value is -2.51. The van der Waals surface area contributed by atoms with E-state index in [2.05, 4.69) is 33.1 Å². The summed E-state index contributed by atoms with van der Waals surface area (Å²) in [7, 11) is -3.38. The van der Waals surface area contributed by atoms with Crippen molar-refractivity contribution in [3.8, 4) is 0 Å². The van der Waals surface area contributed by atoms with E-state index in [9.17, 15) is 8.42 Å². The van der Waals surface area contributed by atoms with Gasteiger partial charge in [0.25, 0.3) is 0 Å². The lowest BCUT2D eigenvalue weighted by molar-refractivity contribution is 0.237. The van der Waals surface area contributed by atoms with E-state index in [4.69, 9.17) is 0 Å². The molecule has 0 bridgehead atoms. The van der Waals surface area contributed by atoms with Gasteiger partial charge in [-0.3, -0.25) is 9.88 Å². The molecule has 0 aliphatic carbocycles. The number of imidazole rings is 1. The third kappa shape index (κ3) is 5.05. The number of likely N-dealkylation sites (tertiary alicyclic amines) is 1. The maximum atomic E-state index is 12.7. The molecule has 1 aromatic carbocycles. The zero-order chi connectivity index (χ0) is 21.7. The number of benzene rings is 1. The maximum Gasteiger partial charge on any atom is 0.227 e. The summed E-state index contributed by atoms with van der Waals surface area (Å²) < 4.78 is 27.3. The summed E-state index contributed by atoms with van der Waals surface area (Å²) in [5, 5.41) is 0.201. The zero-order valence-corrected chi connectivity index (χ0v) is 18.8. The smallest absolute Gasteiger partial charge is 0.227 e. The molecule has 0 radical (unpaired) electrons. The monoisotopic (exact) mass is 438 g/mol. The van der Waals surface area contributed by atoms with Gasteiger partial charge in [-0.25, -0.2) is 13.4 Å². The molecule has 1 saturated heterocycles. The molecule has 1 aliphatic heterocycles. The summed E-state index contributed by atoms with van der Waals surface area (Å²) >= 11 is 0. The molecule has 0 spiro atoms. The molecule has 4 rings (SSSR count). The minimum atomic E-state index is -3.38. The second-order valence-electron chi connectivity index (χ2n) is 8.06. The van der Waals surface area contributed by atoms with Crippen molar-refractivity contribution in [3.05, 3.63) is 77.9 Å². The predicted molar refractivity (Wildman–Crippen MR) is 121 cm³/mol. The fourth-order valence-electron chi connectivity index (χ4n) is 4.35. The van der Waals surface area contributed by atoms with E-state index >= 15 is 0 Å². The summed E-state index contributed by atoms with van der Waals surface area (Å²) in [6, 6.07) is 16.6. The van der Waals surface area contributed by atoms with Crippen molar-refractivity contribution >= 4 is 9.84 Å². The number of nitrogens with zero attached hydrogens (tertiary/aromatic N) is 4. The van der Waals surface area contributed by atoms with Crippen LogP contribution in [0.4, 0.5) is 0 Å². The summed E-state index contributed by atoms with van der Waals surface area (Å²) in [6.45, 7) is 3.97. The largest absolute Gasteiger partial charge is 0.318 e.